The maximum atomic E-state index is 10.7. The minimum atomic E-state index is -1.18. The van der Waals surface area contributed by atoms with Gasteiger partial charge in [0.1, 0.15) is 22.4 Å². The molecular formula is C49H68O9S. The minimum Gasteiger partial charge on any atom is -0.872 e. The van der Waals surface area contributed by atoms with Gasteiger partial charge in [-0.15, -0.1) is 0 Å². The third kappa shape index (κ3) is 16.5. The van der Waals surface area contributed by atoms with Crippen molar-refractivity contribution in [1.29, 1.82) is 0 Å². The Morgan fingerprint density at radius 1 is 0.492 bits per heavy atom. The standard InChI is InChI=1S/C42H63O6S.C7H6O3/c1-7-13-24-43-34-30-37(45-26-15-9-3)41(38(31-34)46-27-16-10-4)49(36-22-20-19-21-23-36)42-39(47-28-17-11-5)32-35(44-25-14-8-2)33-40(42)48-29-18-12-6;8-6-4-2-1-3-5(6)7(9)10/h19-23,30-33H,7-18,24-29H2,1-6H3;1-4,8H,(H,9,10)/q+1;/p-1. The van der Waals surface area contributed by atoms with Crippen LogP contribution in [0.1, 0.15) is 129 Å². The molecule has 4 aromatic carbocycles. The van der Waals surface area contributed by atoms with Crippen LogP contribution in [0.5, 0.6) is 40.2 Å². The van der Waals surface area contributed by atoms with Gasteiger partial charge in [0.2, 0.25) is 0 Å². The number of carboxylic acid groups (broad SMARTS) is 1. The van der Waals surface area contributed by atoms with Crippen molar-refractivity contribution < 1.29 is 43.4 Å². The average molecular weight is 833 g/mol. The highest BCUT2D eigenvalue weighted by Crippen LogP contribution is 2.51. The van der Waals surface area contributed by atoms with Crippen LogP contribution in [-0.2, 0) is 10.9 Å². The van der Waals surface area contributed by atoms with Crippen molar-refractivity contribution in [1.82, 2.24) is 0 Å². The second-order valence-electron chi connectivity index (χ2n) is 14.1. The smallest absolute Gasteiger partial charge is 0.335 e. The predicted molar refractivity (Wildman–Crippen MR) is 237 cm³/mol. The lowest BCUT2D eigenvalue weighted by Crippen LogP contribution is -2.15. The Kier molecular flexibility index (Phi) is 23.7. The van der Waals surface area contributed by atoms with E-state index in [1.54, 1.807) is 0 Å². The van der Waals surface area contributed by atoms with Crippen molar-refractivity contribution in [2.75, 3.05) is 39.6 Å². The second kappa shape index (κ2) is 28.7. The Balaban J connectivity index is 0.000000809. The van der Waals surface area contributed by atoms with Crippen LogP contribution in [0.15, 0.2) is 93.5 Å². The highest BCUT2D eigenvalue weighted by atomic mass is 32.2. The Hall–Kier alpha value is -4.70. The number of hydrogen-bond donors (Lipinski definition) is 1. The zero-order valence-corrected chi connectivity index (χ0v) is 37.2. The van der Waals surface area contributed by atoms with Gasteiger partial charge in [0.15, 0.2) is 27.9 Å². The predicted octanol–water partition coefficient (Wildman–Crippen LogP) is 12.3. The highest BCUT2D eigenvalue weighted by molar-refractivity contribution is 7.97. The van der Waals surface area contributed by atoms with E-state index in [4.69, 9.17) is 33.5 Å². The molecule has 0 atom stereocenters. The topological polar surface area (TPSA) is 116 Å². The lowest BCUT2D eigenvalue weighted by molar-refractivity contribution is -0.268. The molecule has 0 saturated heterocycles. The van der Waals surface area contributed by atoms with E-state index in [0.29, 0.717) is 39.6 Å². The van der Waals surface area contributed by atoms with Crippen molar-refractivity contribution in [3.63, 3.8) is 0 Å². The Morgan fingerprint density at radius 3 is 1.12 bits per heavy atom. The van der Waals surface area contributed by atoms with Crippen LogP contribution in [0, 0.1) is 0 Å². The molecule has 9 nitrogen and oxygen atoms in total. The fourth-order valence-electron chi connectivity index (χ4n) is 5.62. The number of ether oxygens (including phenoxy) is 6. The van der Waals surface area contributed by atoms with Crippen molar-refractivity contribution in [3.05, 3.63) is 84.4 Å². The molecule has 10 heteroatoms. The first-order valence-electron chi connectivity index (χ1n) is 21.7. The zero-order valence-electron chi connectivity index (χ0n) is 36.4. The van der Waals surface area contributed by atoms with Gasteiger partial charge in [0.05, 0.1) is 45.2 Å². The molecule has 0 fully saturated rings. The maximum absolute atomic E-state index is 10.7. The van der Waals surface area contributed by atoms with Crippen molar-refractivity contribution in [2.45, 2.75) is 133 Å². The van der Waals surface area contributed by atoms with Crippen molar-refractivity contribution in [2.24, 2.45) is 0 Å². The Labute approximate surface area is 356 Å². The largest absolute Gasteiger partial charge is 0.872 e. The number of carbonyl (C=O) groups is 1. The lowest BCUT2D eigenvalue weighted by atomic mass is 10.2. The molecule has 0 aromatic heterocycles. The molecule has 4 aromatic rings. The monoisotopic (exact) mass is 832 g/mol. The maximum Gasteiger partial charge on any atom is 0.335 e. The van der Waals surface area contributed by atoms with Gasteiger partial charge in [-0.3, -0.25) is 0 Å². The fraction of sp³-hybridized carbons (Fsp3) is 0.490. The summed E-state index contributed by atoms with van der Waals surface area (Å²) in [6.07, 6.45) is 12.1. The number of unbranched alkanes of at least 4 members (excludes halogenated alkanes) is 6. The van der Waals surface area contributed by atoms with Crippen molar-refractivity contribution >= 4 is 16.9 Å². The lowest BCUT2D eigenvalue weighted by Gasteiger charge is -2.22. The van der Waals surface area contributed by atoms with Gasteiger partial charge in [-0.2, -0.15) is 0 Å². The summed E-state index contributed by atoms with van der Waals surface area (Å²) in [5.41, 5.74) is -0.178. The van der Waals surface area contributed by atoms with Gasteiger partial charge in [-0.25, -0.2) is 4.79 Å². The number of benzene rings is 4. The normalized spacial score (nSPS) is 10.8. The Bertz CT molecular complexity index is 1620. The fourth-order valence-corrected chi connectivity index (χ4v) is 8.00. The molecule has 0 aliphatic rings. The molecule has 0 aliphatic carbocycles. The minimum absolute atomic E-state index is 0.178. The van der Waals surface area contributed by atoms with E-state index in [1.165, 1.54) is 24.3 Å². The van der Waals surface area contributed by atoms with Gasteiger partial charge >= 0.3 is 5.97 Å². The van der Waals surface area contributed by atoms with Gasteiger partial charge in [0.25, 0.3) is 9.79 Å². The molecule has 0 heterocycles. The molecule has 0 spiro atoms. The summed E-state index contributed by atoms with van der Waals surface area (Å²) in [6.45, 7) is 16.8. The van der Waals surface area contributed by atoms with Crippen LogP contribution in [0.3, 0.4) is 0 Å². The molecule has 0 saturated carbocycles. The first kappa shape index (κ1) is 48.7. The van der Waals surface area contributed by atoms with Crippen LogP contribution >= 0.6 is 0 Å². The Morgan fingerprint density at radius 2 is 0.814 bits per heavy atom. The number of para-hydroxylation sites is 1. The summed E-state index contributed by atoms with van der Waals surface area (Å²) in [5, 5.41) is 19.0. The van der Waals surface area contributed by atoms with E-state index in [1.807, 2.05) is 0 Å². The average Bonchev–Trinajstić information content (AvgIpc) is 3.23. The summed E-state index contributed by atoms with van der Waals surface area (Å²) in [6, 6.07) is 24.4. The SMILES string of the molecule is CCCCOc1cc(OCCCC)c([S+](c2ccccc2)c2c(OCCCC)cc(OCCCC)cc2OCCCC)c(OCCCC)c1.O=C(O)c1ccccc1[O-]. The van der Waals surface area contributed by atoms with Crippen LogP contribution in [0.4, 0.5) is 0 Å². The first-order valence-corrected chi connectivity index (χ1v) is 23.0. The van der Waals surface area contributed by atoms with Crippen LogP contribution in [0.2, 0.25) is 0 Å². The second-order valence-corrected chi connectivity index (χ2v) is 16.0. The molecule has 1 N–H and O–H groups in total. The van der Waals surface area contributed by atoms with E-state index in [9.17, 15) is 9.90 Å². The molecule has 59 heavy (non-hydrogen) atoms. The van der Waals surface area contributed by atoms with Crippen LogP contribution < -0.4 is 33.5 Å². The number of aromatic carboxylic acids is 1. The number of rotatable bonds is 28. The van der Waals surface area contributed by atoms with Crippen LogP contribution in [-0.4, -0.2) is 50.7 Å². The summed E-state index contributed by atoms with van der Waals surface area (Å²) >= 11 is 0. The molecule has 0 radical (unpaired) electrons. The molecule has 324 valence electrons. The molecular weight excluding hydrogens is 765 g/mol. The highest BCUT2D eigenvalue weighted by Gasteiger charge is 2.42. The summed E-state index contributed by atoms with van der Waals surface area (Å²) in [7, 11) is -0.725. The van der Waals surface area contributed by atoms with Gasteiger partial charge in [0, 0.05) is 24.3 Å². The molecule has 4 rings (SSSR count). The van der Waals surface area contributed by atoms with E-state index in [-0.39, 0.29) is 5.56 Å². The molecule has 0 aliphatic heterocycles. The third-order valence-electron chi connectivity index (χ3n) is 9.05. The molecule has 0 unspecified atom stereocenters. The summed E-state index contributed by atoms with van der Waals surface area (Å²) < 4.78 is 39.4. The van der Waals surface area contributed by atoms with Crippen molar-refractivity contribution in [3.8, 4) is 40.2 Å². The van der Waals surface area contributed by atoms with Crippen LogP contribution in [0.25, 0.3) is 0 Å². The van der Waals surface area contributed by atoms with E-state index in [2.05, 4.69) is 96.1 Å². The third-order valence-corrected chi connectivity index (χ3v) is 11.4. The molecule has 0 amide bonds. The summed E-state index contributed by atoms with van der Waals surface area (Å²) in [4.78, 5) is 13.3. The first-order chi connectivity index (χ1) is 28.8. The number of carboxylic acids is 1. The van der Waals surface area contributed by atoms with Gasteiger partial charge in [-0.1, -0.05) is 122 Å². The van der Waals surface area contributed by atoms with Gasteiger partial charge in [-0.05, 0) is 56.7 Å². The summed E-state index contributed by atoms with van der Waals surface area (Å²) in [5.74, 6) is 3.04. The quantitative estimate of drug-likeness (QED) is 0.0441. The van der Waals surface area contributed by atoms with E-state index in [0.717, 1.165) is 126 Å². The number of hydrogen-bond acceptors (Lipinski definition) is 8. The van der Waals surface area contributed by atoms with E-state index < -0.39 is 22.6 Å². The molecule has 0 bridgehead atoms. The van der Waals surface area contributed by atoms with Gasteiger partial charge < -0.3 is 38.6 Å². The zero-order chi connectivity index (χ0) is 42.7. The van der Waals surface area contributed by atoms with E-state index >= 15 is 0 Å².